The normalized spacial score (nSPS) is 18.5. The van der Waals surface area contributed by atoms with E-state index in [-0.39, 0.29) is 23.8 Å². The van der Waals surface area contributed by atoms with E-state index in [9.17, 15) is 24.3 Å². The Morgan fingerprint density at radius 3 is 2.36 bits per heavy atom. The lowest BCUT2D eigenvalue weighted by Crippen LogP contribution is -2.58. The molecule has 1 heterocycles. The molecule has 1 fully saturated rings. The van der Waals surface area contributed by atoms with Gasteiger partial charge in [0.1, 0.15) is 23.9 Å². The van der Waals surface area contributed by atoms with Crippen molar-refractivity contribution in [1.29, 1.82) is 0 Å². The first-order valence-electron chi connectivity index (χ1n) is 10.8. The molecule has 3 amide bonds. The number of likely N-dealkylation sites (tertiary alicyclic amines) is 1. The van der Waals surface area contributed by atoms with Gasteiger partial charge in [0.25, 0.3) is 0 Å². The van der Waals surface area contributed by atoms with E-state index in [1.54, 1.807) is 26.0 Å². The molecule has 1 aliphatic rings. The molecule has 4 atom stereocenters. The Morgan fingerprint density at radius 2 is 1.82 bits per heavy atom. The minimum absolute atomic E-state index is 0.0780. The molecule has 182 valence electrons. The fourth-order valence-electron chi connectivity index (χ4n) is 3.69. The highest BCUT2D eigenvalue weighted by atomic mass is 32.1. The number of aliphatic carboxylic acids is 1. The van der Waals surface area contributed by atoms with Crippen LogP contribution in [-0.2, 0) is 25.6 Å². The number of benzene rings is 1. The van der Waals surface area contributed by atoms with Crippen molar-refractivity contribution in [2.75, 3.05) is 12.3 Å². The molecular formula is C22H32N4O6S. The summed E-state index contributed by atoms with van der Waals surface area (Å²) in [5.74, 6) is -2.91. The van der Waals surface area contributed by atoms with Gasteiger partial charge in [0.05, 0.1) is 6.04 Å². The summed E-state index contributed by atoms with van der Waals surface area (Å²) in [6.07, 6.45) is 1.21. The summed E-state index contributed by atoms with van der Waals surface area (Å²) in [6, 6.07) is 2.56. The van der Waals surface area contributed by atoms with Gasteiger partial charge in [-0.05, 0) is 42.9 Å². The van der Waals surface area contributed by atoms with E-state index in [1.165, 1.54) is 17.0 Å². The van der Waals surface area contributed by atoms with E-state index in [4.69, 9.17) is 10.8 Å². The van der Waals surface area contributed by atoms with E-state index in [1.807, 2.05) is 0 Å². The van der Waals surface area contributed by atoms with Crippen LogP contribution in [0.4, 0.5) is 0 Å². The van der Waals surface area contributed by atoms with Crippen LogP contribution in [0.15, 0.2) is 24.3 Å². The third-order valence-corrected chi connectivity index (χ3v) is 5.96. The van der Waals surface area contributed by atoms with Crippen molar-refractivity contribution >= 4 is 36.3 Å². The first-order valence-corrected chi connectivity index (χ1v) is 11.5. The molecule has 1 aromatic rings. The Morgan fingerprint density at radius 1 is 1.18 bits per heavy atom. The summed E-state index contributed by atoms with van der Waals surface area (Å²) >= 11 is 3.94. The highest BCUT2D eigenvalue weighted by Crippen LogP contribution is 2.21. The van der Waals surface area contributed by atoms with E-state index in [0.29, 0.717) is 19.4 Å². The summed E-state index contributed by atoms with van der Waals surface area (Å²) in [4.78, 5) is 51.2. The number of thiol groups is 1. The van der Waals surface area contributed by atoms with Crippen molar-refractivity contribution in [1.82, 2.24) is 15.5 Å². The summed E-state index contributed by atoms with van der Waals surface area (Å²) < 4.78 is 0. The fourth-order valence-corrected chi connectivity index (χ4v) is 3.94. The molecule has 0 bridgehead atoms. The number of amides is 3. The Kier molecular flexibility index (Phi) is 9.54. The number of nitrogens with two attached hydrogens (primary N) is 1. The Hall–Kier alpha value is -2.79. The number of carbonyl (C=O) groups is 4. The zero-order chi connectivity index (χ0) is 24.7. The molecule has 33 heavy (non-hydrogen) atoms. The van der Waals surface area contributed by atoms with Crippen molar-refractivity contribution < 1.29 is 29.4 Å². The molecule has 0 aliphatic carbocycles. The number of phenols is 1. The number of carboxylic acids is 1. The molecule has 10 nitrogen and oxygen atoms in total. The van der Waals surface area contributed by atoms with Crippen LogP contribution in [0, 0.1) is 5.92 Å². The first-order chi connectivity index (χ1) is 15.5. The van der Waals surface area contributed by atoms with Gasteiger partial charge in [-0.3, -0.25) is 14.4 Å². The van der Waals surface area contributed by atoms with E-state index >= 15 is 0 Å². The predicted molar refractivity (Wildman–Crippen MR) is 125 cm³/mol. The van der Waals surface area contributed by atoms with Gasteiger partial charge in [0.2, 0.25) is 17.7 Å². The average molecular weight is 481 g/mol. The molecule has 1 aliphatic heterocycles. The fraction of sp³-hybridized carbons (Fsp3) is 0.545. The van der Waals surface area contributed by atoms with Crippen LogP contribution in [0.1, 0.15) is 32.3 Å². The Bertz CT molecular complexity index is 863. The number of rotatable bonds is 10. The quantitative estimate of drug-likeness (QED) is 0.255. The van der Waals surface area contributed by atoms with Crippen molar-refractivity contribution in [3.05, 3.63) is 29.8 Å². The highest BCUT2D eigenvalue weighted by molar-refractivity contribution is 7.80. The van der Waals surface area contributed by atoms with Crippen LogP contribution in [0.5, 0.6) is 5.75 Å². The molecule has 0 aromatic heterocycles. The molecule has 6 N–H and O–H groups in total. The summed E-state index contributed by atoms with van der Waals surface area (Å²) in [7, 11) is 0. The number of nitrogens with zero attached hydrogens (tertiary/aromatic N) is 1. The third kappa shape index (κ3) is 7.10. The smallest absolute Gasteiger partial charge is 0.327 e. The van der Waals surface area contributed by atoms with Crippen LogP contribution in [-0.4, -0.2) is 75.3 Å². The van der Waals surface area contributed by atoms with Crippen molar-refractivity contribution in [3.63, 3.8) is 0 Å². The van der Waals surface area contributed by atoms with E-state index in [2.05, 4.69) is 23.3 Å². The number of carbonyl (C=O) groups excluding carboxylic acids is 3. The van der Waals surface area contributed by atoms with Gasteiger partial charge < -0.3 is 31.5 Å². The maximum Gasteiger partial charge on any atom is 0.327 e. The first kappa shape index (κ1) is 26.5. The van der Waals surface area contributed by atoms with Crippen molar-refractivity contribution in [2.45, 2.75) is 57.3 Å². The number of carboxylic acid groups (broad SMARTS) is 1. The number of phenolic OH excluding ortho intramolecular Hbond substituents is 1. The van der Waals surface area contributed by atoms with Gasteiger partial charge in [-0.15, -0.1) is 0 Å². The van der Waals surface area contributed by atoms with Gasteiger partial charge in [-0.25, -0.2) is 4.79 Å². The van der Waals surface area contributed by atoms with Crippen LogP contribution in [0.2, 0.25) is 0 Å². The minimum atomic E-state index is -1.20. The van der Waals surface area contributed by atoms with Crippen molar-refractivity contribution in [2.24, 2.45) is 11.7 Å². The molecule has 4 unspecified atom stereocenters. The Balaban J connectivity index is 2.06. The SMILES string of the molecule is CC(C)C(NC(=O)C(N)Cc1ccc(O)cc1)C(=O)N1CCCC1C(=O)NC(CS)C(=O)O. The average Bonchev–Trinajstić information content (AvgIpc) is 3.26. The van der Waals surface area contributed by atoms with Crippen LogP contribution < -0.4 is 16.4 Å². The lowest BCUT2D eigenvalue weighted by Gasteiger charge is -2.31. The maximum atomic E-state index is 13.3. The van der Waals surface area contributed by atoms with Gasteiger partial charge in [0.15, 0.2) is 0 Å². The second kappa shape index (κ2) is 11.9. The van der Waals surface area contributed by atoms with Gasteiger partial charge in [0, 0.05) is 12.3 Å². The number of hydrogen-bond donors (Lipinski definition) is 6. The highest BCUT2D eigenvalue weighted by Gasteiger charge is 2.39. The van der Waals surface area contributed by atoms with Crippen molar-refractivity contribution in [3.8, 4) is 5.75 Å². The van der Waals surface area contributed by atoms with Crippen LogP contribution >= 0.6 is 12.6 Å². The lowest BCUT2D eigenvalue weighted by atomic mass is 10.0. The number of nitrogens with one attached hydrogen (secondary N) is 2. The summed E-state index contributed by atoms with van der Waals surface area (Å²) in [5.41, 5.74) is 6.80. The molecule has 11 heteroatoms. The van der Waals surface area contributed by atoms with Gasteiger partial charge >= 0.3 is 5.97 Å². The zero-order valence-electron chi connectivity index (χ0n) is 18.7. The minimum Gasteiger partial charge on any atom is -0.508 e. The van der Waals surface area contributed by atoms with E-state index in [0.717, 1.165) is 5.56 Å². The number of hydrogen-bond acceptors (Lipinski definition) is 7. The molecule has 1 aromatic carbocycles. The third-order valence-electron chi connectivity index (χ3n) is 5.59. The second-order valence-electron chi connectivity index (χ2n) is 8.48. The topological polar surface area (TPSA) is 162 Å². The second-order valence-corrected chi connectivity index (χ2v) is 8.84. The van der Waals surface area contributed by atoms with Crippen LogP contribution in [0.3, 0.4) is 0 Å². The lowest BCUT2D eigenvalue weighted by molar-refractivity contribution is -0.145. The van der Waals surface area contributed by atoms with E-state index < -0.39 is 47.9 Å². The Labute approximate surface area is 198 Å². The molecule has 0 saturated carbocycles. The summed E-state index contributed by atoms with van der Waals surface area (Å²) in [5, 5.41) is 23.7. The molecular weight excluding hydrogens is 448 g/mol. The van der Waals surface area contributed by atoms with Gasteiger partial charge in [-0.1, -0.05) is 26.0 Å². The summed E-state index contributed by atoms with van der Waals surface area (Å²) in [6.45, 7) is 3.88. The largest absolute Gasteiger partial charge is 0.508 e. The molecule has 0 radical (unpaired) electrons. The molecule has 1 saturated heterocycles. The maximum absolute atomic E-state index is 13.3. The standard InChI is InChI=1S/C22H32N4O6S/c1-12(2)18(25-19(28)15(23)10-13-5-7-14(27)8-6-13)21(30)26-9-3-4-17(26)20(29)24-16(11-33)22(31)32/h5-8,12,15-18,27,33H,3-4,9-11,23H2,1-2H3,(H,24,29)(H,25,28)(H,31,32). The molecule has 2 rings (SSSR count). The van der Waals surface area contributed by atoms with Crippen LogP contribution in [0.25, 0.3) is 0 Å². The van der Waals surface area contributed by atoms with Gasteiger partial charge in [-0.2, -0.15) is 12.6 Å². The molecule has 0 spiro atoms. The predicted octanol–water partition coefficient (Wildman–Crippen LogP) is -0.107. The monoisotopic (exact) mass is 480 g/mol. The number of aromatic hydroxyl groups is 1. The zero-order valence-corrected chi connectivity index (χ0v) is 19.6.